The lowest BCUT2D eigenvalue weighted by atomic mass is 9.84. The summed E-state index contributed by atoms with van der Waals surface area (Å²) in [6.45, 7) is 1.81. The summed E-state index contributed by atoms with van der Waals surface area (Å²) in [7, 11) is 0. The van der Waals surface area contributed by atoms with Crippen molar-refractivity contribution in [3.8, 4) is 0 Å². The molecule has 3 heterocycles. The number of amides is 1. The summed E-state index contributed by atoms with van der Waals surface area (Å²) in [5.74, 6) is -0.413. The Morgan fingerprint density at radius 2 is 1.83 bits per heavy atom. The fourth-order valence-corrected chi connectivity index (χ4v) is 4.90. The molecule has 0 bridgehead atoms. The molecule has 1 amide bonds. The maximum Gasteiger partial charge on any atom is 0.309 e. The van der Waals surface area contributed by atoms with Gasteiger partial charge in [-0.05, 0) is 50.2 Å². The minimum atomic E-state index is -0.762. The number of rotatable bonds is 4. The molecule has 1 unspecified atom stereocenters. The van der Waals surface area contributed by atoms with E-state index in [1.54, 1.807) is 0 Å². The molecule has 2 atom stereocenters. The van der Waals surface area contributed by atoms with Crippen molar-refractivity contribution in [1.82, 2.24) is 9.88 Å². The van der Waals surface area contributed by atoms with Gasteiger partial charge in [0.1, 0.15) is 0 Å². The van der Waals surface area contributed by atoms with Crippen LogP contribution in [0.1, 0.15) is 54.1 Å². The van der Waals surface area contributed by atoms with Crippen molar-refractivity contribution in [2.24, 2.45) is 11.8 Å². The Morgan fingerprint density at radius 3 is 2.55 bits per heavy atom. The monoisotopic (exact) mass is 394 g/mol. The fourth-order valence-electron chi connectivity index (χ4n) is 4.90. The topological polar surface area (TPSA) is 79.7 Å². The van der Waals surface area contributed by atoms with Crippen molar-refractivity contribution in [3.05, 3.63) is 41.6 Å². The predicted molar refractivity (Wildman–Crippen MR) is 108 cm³/mol. The van der Waals surface area contributed by atoms with Crippen LogP contribution in [-0.2, 0) is 9.53 Å². The van der Waals surface area contributed by atoms with E-state index >= 15 is 0 Å². The van der Waals surface area contributed by atoms with Crippen molar-refractivity contribution in [2.45, 2.75) is 44.1 Å². The van der Waals surface area contributed by atoms with E-state index in [0.717, 1.165) is 47.8 Å². The first-order valence-corrected chi connectivity index (χ1v) is 10.6. The number of fused-ring (bicyclic) bond motifs is 1. The van der Waals surface area contributed by atoms with Gasteiger partial charge in [0.15, 0.2) is 0 Å². The SMILES string of the molecule is O=C(O)C1CCO[C@H]1C1CCN(C(=O)c2cc(C3CC3)nc3ccccc23)CC1. The number of para-hydroxylation sites is 1. The highest BCUT2D eigenvalue weighted by Gasteiger charge is 2.41. The average molecular weight is 394 g/mol. The van der Waals surface area contributed by atoms with Gasteiger partial charge in [-0.15, -0.1) is 0 Å². The standard InChI is InChI=1S/C23H26N2O4/c26-22(18-13-20(14-5-6-14)24-19-4-2-1-3-16(18)19)25-10-7-15(8-11-25)21-17(23(27)28)9-12-29-21/h1-4,13-15,17,21H,5-12H2,(H,27,28)/t17?,21-/m0/s1. The van der Waals surface area contributed by atoms with Crippen LogP contribution in [0.3, 0.4) is 0 Å². The van der Waals surface area contributed by atoms with Crippen LogP contribution >= 0.6 is 0 Å². The van der Waals surface area contributed by atoms with Crippen LogP contribution in [0.5, 0.6) is 0 Å². The first-order chi connectivity index (χ1) is 14.1. The van der Waals surface area contributed by atoms with Crippen LogP contribution in [0.15, 0.2) is 30.3 Å². The second kappa shape index (κ2) is 7.41. The number of pyridine rings is 1. The number of benzene rings is 1. The summed E-state index contributed by atoms with van der Waals surface area (Å²) in [4.78, 5) is 31.5. The van der Waals surface area contributed by atoms with Crippen molar-refractivity contribution in [2.75, 3.05) is 19.7 Å². The van der Waals surface area contributed by atoms with Gasteiger partial charge in [-0.1, -0.05) is 18.2 Å². The van der Waals surface area contributed by atoms with Crippen LogP contribution in [0, 0.1) is 11.8 Å². The van der Waals surface area contributed by atoms with Crippen LogP contribution < -0.4 is 0 Å². The Balaban J connectivity index is 1.34. The van der Waals surface area contributed by atoms with Crippen molar-refractivity contribution >= 4 is 22.8 Å². The molecule has 152 valence electrons. The number of aliphatic carboxylic acids is 1. The number of carboxylic acid groups (broad SMARTS) is 1. The zero-order valence-corrected chi connectivity index (χ0v) is 16.4. The number of ether oxygens (including phenoxy) is 1. The molecule has 6 heteroatoms. The third kappa shape index (κ3) is 3.50. The zero-order chi connectivity index (χ0) is 20.0. The quantitative estimate of drug-likeness (QED) is 0.859. The molecule has 1 N–H and O–H groups in total. The fraction of sp³-hybridized carbons (Fsp3) is 0.522. The molecule has 3 aliphatic rings. The molecule has 1 aromatic carbocycles. The third-order valence-corrected chi connectivity index (χ3v) is 6.71. The Bertz CT molecular complexity index is 947. The van der Waals surface area contributed by atoms with Crippen molar-refractivity contribution in [1.29, 1.82) is 0 Å². The highest BCUT2D eigenvalue weighted by Crippen LogP contribution is 2.40. The Kier molecular flexibility index (Phi) is 4.74. The van der Waals surface area contributed by atoms with E-state index in [-0.39, 0.29) is 17.9 Å². The molecule has 1 saturated carbocycles. The smallest absolute Gasteiger partial charge is 0.309 e. The number of carboxylic acids is 1. The third-order valence-electron chi connectivity index (χ3n) is 6.71. The maximum atomic E-state index is 13.4. The molecule has 2 aliphatic heterocycles. The summed E-state index contributed by atoms with van der Waals surface area (Å²) in [6, 6.07) is 9.87. The number of nitrogens with zero attached hydrogens (tertiary/aromatic N) is 2. The molecule has 3 fully saturated rings. The molecule has 2 aromatic rings. The molecular weight excluding hydrogens is 368 g/mol. The van der Waals surface area contributed by atoms with Gasteiger partial charge < -0.3 is 14.7 Å². The van der Waals surface area contributed by atoms with E-state index in [1.807, 2.05) is 35.2 Å². The largest absolute Gasteiger partial charge is 0.481 e. The van der Waals surface area contributed by atoms with Gasteiger partial charge in [0.05, 0.1) is 23.1 Å². The number of piperidine rings is 1. The van der Waals surface area contributed by atoms with E-state index < -0.39 is 11.9 Å². The van der Waals surface area contributed by atoms with Gasteiger partial charge >= 0.3 is 5.97 Å². The molecular formula is C23H26N2O4. The lowest BCUT2D eigenvalue weighted by molar-refractivity contribution is -0.145. The van der Waals surface area contributed by atoms with Crippen LogP contribution in [0.4, 0.5) is 0 Å². The second-order valence-electron chi connectivity index (χ2n) is 8.58. The van der Waals surface area contributed by atoms with E-state index in [2.05, 4.69) is 0 Å². The minimum absolute atomic E-state index is 0.0612. The molecule has 1 aliphatic carbocycles. The predicted octanol–water partition coefficient (Wildman–Crippen LogP) is 3.45. The Hall–Kier alpha value is -2.47. The van der Waals surface area contributed by atoms with Crippen molar-refractivity contribution in [3.63, 3.8) is 0 Å². The lowest BCUT2D eigenvalue weighted by Gasteiger charge is -2.35. The zero-order valence-electron chi connectivity index (χ0n) is 16.4. The second-order valence-corrected chi connectivity index (χ2v) is 8.58. The maximum absolute atomic E-state index is 13.4. The van der Waals surface area contributed by atoms with Gasteiger partial charge in [-0.25, -0.2) is 0 Å². The minimum Gasteiger partial charge on any atom is -0.481 e. The summed E-state index contributed by atoms with van der Waals surface area (Å²) < 4.78 is 5.76. The van der Waals surface area contributed by atoms with Crippen LogP contribution in [0.2, 0.25) is 0 Å². The number of carbonyl (C=O) groups excluding carboxylic acids is 1. The summed E-state index contributed by atoms with van der Waals surface area (Å²) in [5.41, 5.74) is 2.67. The van der Waals surface area contributed by atoms with E-state index in [0.29, 0.717) is 32.0 Å². The van der Waals surface area contributed by atoms with E-state index in [4.69, 9.17) is 9.72 Å². The molecule has 0 spiro atoms. The van der Waals surface area contributed by atoms with Gasteiger partial charge in [0, 0.05) is 36.7 Å². The Labute approximate surface area is 169 Å². The Morgan fingerprint density at radius 1 is 1.07 bits per heavy atom. The van der Waals surface area contributed by atoms with Gasteiger partial charge in [-0.2, -0.15) is 0 Å². The van der Waals surface area contributed by atoms with Gasteiger partial charge in [0.25, 0.3) is 5.91 Å². The van der Waals surface area contributed by atoms with E-state index in [9.17, 15) is 14.7 Å². The molecule has 6 nitrogen and oxygen atoms in total. The van der Waals surface area contributed by atoms with Crippen LogP contribution in [-0.4, -0.2) is 52.7 Å². The average Bonchev–Trinajstić information content (AvgIpc) is 3.48. The summed E-state index contributed by atoms with van der Waals surface area (Å²) in [5, 5.41) is 10.3. The van der Waals surface area contributed by atoms with Crippen LogP contribution in [0.25, 0.3) is 10.9 Å². The summed E-state index contributed by atoms with van der Waals surface area (Å²) in [6.07, 6.45) is 4.25. The molecule has 0 radical (unpaired) electrons. The molecule has 1 aromatic heterocycles. The number of hydrogen-bond donors (Lipinski definition) is 1. The molecule has 5 rings (SSSR count). The van der Waals surface area contributed by atoms with E-state index in [1.165, 1.54) is 0 Å². The molecule has 29 heavy (non-hydrogen) atoms. The van der Waals surface area contributed by atoms with Gasteiger partial charge in [0.2, 0.25) is 0 Å². The number of aromatic nitrogens is 1. The normalized spacial score (nSPS) is 25.4. The lowest BCUT2D eigenvalue weighted by Crippen LogP contribution is -2.43. The van der Waals surface area contributed by atoms with Gasteiger partial charge in [-0.3, -0.25) is 14.6 Å². The first-order valence-electron chi connectivity index (χ1n) is 10.6. The highest BCUT2D eigenvalue weighted by atomic mass is 16.5. The molecule has 2 saturated heterocycles. The number of carbonyl (C=O) groups is 2. The number of likely N-dealkylation sites (tertiary alicyclic amines) is 1. The highest BCUT2D eigenvalue weighted by molar-refractivity contribution is 6.06. The van der Waals surface area contributed by atoms with Crippen molar-refractivity contribution < 1.29 is 19.4 Å². The number of hydrogen-bond acceptors (Lipinski definition) is 4. The first kappa shape index (κ1) is 18.6. The summed E-state index contributed by atoms with van der Waals surface area (Å²) >= 11 is 0.